The lowest BCUT2D eigenvalue weighted by molar-refractivity contribution is -0.136. The van der Waals surface area contributed by atoms with Gasteiger partial charge in [0.05, 0.1) is 0 Å². The Kier molecular flexibility index (Phi) is 4.28. The lowest BCUT2D eigenvalue weighted by Crippen LogP contribution is -2.60. The van der Waals surface area contributed by atoms with Crippen LogP contribution in [-0.2, 0) is 9.36 Å². The highest BCUT2D eigenvalue weighted by Crippen LogP contribution is 2.38. The first-order valence-corrected chi connectivity index (χ1v) is 6.57. The summed E-state index contributed by atoms with van der Waals surface area (Å²) in [5, 5.41) is 2.60. The zero-order valence-electron chi connectivity index (χ0n) is 8.95. The van der Waals surface area contributed by atoms with Gasteiger partial charge in [-0.1, -0.05) is 6.92 Å². The Bertz CT molecular complexity index is 273. The van der Waals surface area contributed by atoms with Gasteiger partial charge < -0.3 is 10.3 Å². The van der Waals surface area contributed by atoms with Gasteiger partial charge in [-0.2, -0.15) is 0 Å². The molecule has 1 aliphatic rings. The molecule has 0 saturated carbocycles. The minimum Gasteiger partial charge on any atom is -0.310 e. The molecule has 1 unspecified atom stereocenters. The van der Waals surface area contributed by atoms with E-state index in [9.17, 15) is 9.36 Å². The van der Waals surface area contributed by atoms with Crippen LogP contribution >= 0.6 is 7.95 Å². The third-order valence-corrected chi connectivity index (χ3v) is 4.40. The molecule has 1 aliphatic heterocycles. The van der Waals surface area contributed by atoms with E-state index in [-0.39, 0.29) is 0 Å². The average Bonchev–Trinajstić information content (AvgIpc) is 2.22. The normalized spacial score (nSPS) is 29.3. The number of carbonyl (C=O) groups is 1. The first-order valence-electron chi connectivity index (χ1n) is 5.16. The molecular formula is C8H19N4O2P. The molecule has 0 aliphatic carbocycles. The van der Waals surface area contributed by atoms with E-state index in [1.54, 1.807) is 0 Å². The first kappa shape index (κ1) is 12.6. The number of carbonyl (C=O) groups excluding carboxylic acids is 1. The topological polar surface area (TPSA) is 101 Å². The van der Waals surface area contributed by atoms with Crippen molar-refractivity contribution in [2.75, 3.05) is 13.1 Å². The van der Waals surface area contributed by atoms with Gasteiger partial charge in [-0.05, 0) is 19.3 Å². The molecule has 1 heterocycles. The Balaban J connectivity index is 2.71. The van der Waals surface area contributed by atoms with Crippen molar-refractivity contribution in [1.82, 2.24) is 10.1 Å². The van der Waals surface area contributed by atoms with Crippen molar-refractivity contribution in [3.05, 3.63) is 0 Å². The number of hydrogen-bond acceptors (Lipinski definition) is 4. The molecule has 0 aromatic carbocycles. The summed E-state index contributed by atoms with van der Waals surface area (Å²) in [6.07, 6.45) is 1.99. The van der Waals surface area contributed by atoms with Crippen molar-refractivity contribution in [2.45, 2.75) is 31.5 Å². The van der Waals surface area contributed by atoms with Crippen LogP contribution in [0.1, 0.15) is 26.2 Å². The first-order chi connectivity index (χ1) is 7.02. The third kappa shape index (κ3) is 2.58. The molecular weight excluding hydrogens is 215 g/mol. The quantitative estimate of drug-likeness (QED) is 0.349. The van der Waals surface area contributed by atoms with Crippen LogP contribution in [0.5, 0.6) is 0 Å². The highest BCUT2D eigenvalue weighted by atomic mass is 31.1. The van der Waals surface area contributed by atoms with Crippen molar-refractivity contribution < 1.29 is 9.36 Å². The summed E-state index contributed by atoms with van der Waals surface area (Å²) in [6.45, 7) is 3.05. The van der Waals surface area contributed by atoms with Crippen LogP contribution in [0.25, 0.3) is 0 Å². The van der Waals surface area contributed by atoms with E-state index in [0.717, 1.165) is 11.4 Å². The third-order valence-electron chi connectivity index (χ3n) is 2.55. The molecule has 1 fully saturated rings. The summed E-state index contributed by atoms with van der Waals surface area (Å²) in [7, 11) is -2.33. The molecule has 2 atom stereocenters. The minimum absolute atomic E-state index is 0.416. The molecule has 0 radical (unpaired) electrons. The van der Waals surface area contributed by atoms with Gasteiger partial charge in [-0.3, -0.25) is 14.9 Å². The highest BCUT2D eigenvalue weighted by molar-refractivity contribution is 7.45. The minimum atomic E-state index is -2.33. The summed E-state index contributed by atoms with van der Waals surface area (Å²) < 4.78 is 11.9. The largest absolute Gasteiger partial charge is 0.310 e. The Morgan fingerprint density at radius 2 is 2.33 bits per heavy atom. The average molecular weight is 234 g/mol. The maximum absolute atomic E-state index is 11.9. The molecule has 7 heteroatoms. The zero-order chi connectivity index (χ0) is 11.5. The predicted molar refractivity (Wildman–Crippen MR) is 59.3 cm³/mol. The number of piperidine rings is 1. The Morgan fingerprint density at radius 1 is 1.67 bits per heavy atom. The summed E-state index contributed by atoms with van der Waals surface area (Å²) in [5.74, 6) is 5.06. The lowest BCUT2D eigenvalue weighted by atomic mass is 10.1. The molecule has 1 rings (SSSR count). The number of nitrogens with zero attached hydrogens (tertiary/aromatic N) is 1. The second kappa shape index (κ2) is 5.07. The van der Waals surface area contributed by atoms with Crippen LogP contribution in [0, 0.1) is 0 Å². The lowest BCUT2D eigenvalue weighted by Gasteiger charge is -2.36. The highest BCUT2D eigenvalue weighted by Gasteiger charge is 2.44. The standard InChI is InChI=1S/C8H19N4O2P/c1-2-5-11-15(14)8(9)4-3-6-12(10)7(8)13/h15H,2-6,9-10H2,1H3,(H,11,14)/t8-/m0/s1. The molecule has 6 nitrogen and oxygen atoms in total. The molecule has 15 heavy (non-hydrogen) atoms. The molecule has 0 bridgehead atoms. The van der Waals surface area contributed by atoms with E-state index in [0.29, 0.717) is 25.9 Å². The SMILES string of the molecule is CCCN[PH](=O)[C@@]1(N)CCCN(N)C1=O. The second-order valence-corrected chi connectivity index (χ2v) is 5.73. The number of hydrogen-bond donors (Lipinski definition) is 3. The number of nitrogens with one attached hydrogen (secondary N) is 1. The van der Waals surface area contributed by atoms with Gasteiger partial charge in [0, 0.05) is 13.1 Å². The van der Waals surface area contributed by atoms with Crippen molar-refractivity contribution >= 4 is 13.9 Å². The van der Waals surface area contributed by atoms with Gasteiger partial charge in [0.25, 0.3) is 5.91 Å². The fourth-order valence-corrected chi connectivity index (χ4v) is 3.13. The molecule has 1 saturated heterocycles. The van der Waals surface area contributed by atoms with Gasteiger partial charge in [0.15, 0.2) is 13.2 Å². The fourth-order valence-electron chi connectivity index (χ4n) is 1.60. The summed E-state index contributed by atoms with van der Waals surface area (Å²) in [4.78, 5) is 11.7. The van der Waals surface area contributed by atoms with Crippen molar-refractivity contribution in [1.29, 1.82) is 0 Å². The van der Waals surface area contributed by atoms with Gasteiger partial charge in [-0.25, -0.2) is 5.84 Å². The summed E-state index contributed by atoms with van der Waals surface area (Å²) in [6, 6.07) is 0. The van der Waals surface area contributed by atoms with E-state index in [1.165, 1.54) is 0 Å². The molecule has 0 aromatic rings. The maximum atomic E-state index is 11.9. The Morgan fingerprint density at radius 3 is 2.93 bits per heavy atom. The van der Waals surface area contributed by atoms with Gasteiger partial charge in [-0.15, -0.1) is 0 Å². The molecule has 5 N–H and O–H groups in total. The van der Waals surface area contributed by atoms with Gasteiger partial charge >= 0.3 is 0 Å². The Labute approximate surface area is 90.2 Å². The molecule has 0 spiro atoms. The van der Waals surface area contributed by atoms with E-state index < -0.39 is 19.1 Å². The van der Waals surface area contributed by atoms with Gasteiger partial charge in [0.2, 0.25) is 0 Å². The smallest absolute Gasteiger partial charge is 0.265 e. The van der Waals surface area contributed by atoms with Crippen LogP contribution in [0.3, 0.4) is 0 Å². The van der Waals surface area contributed by atoms with Crippen LogP contribution in [0.2, 0.25) is 0 Å². The molecule has 0 aromatic heterocycles. The molecule has 1 amide bonds. The maximum Gasteiger partial charge on any atom is 0.265 e. The van der Waals surface area contributed by atoms with Crippen molar-refractivity contribution in [3.8, 4) is 0 Å². The zero-order valence-corrected chi connectivity index (χ0v) is 9.95. The summed E-state index contributed by atoms with van der Waals surface area (Å²) >= 11 is 0. The monoisotopic (exact) mass is 234 g/mol. The van der Waals surface area contributed by atoms with Crippen LogP contribution in [0.4, 0.5) is 0 Å². The summed E-state index contributed by atoms with van der Waals surface area (Å²) in [5.41, 5.74) is 5.88. The van der Waals surface area contributed by atoms with Crippen LogP contribution in [0.15, 0.2) is 0 Å². The van der Waals surface area contributed by atoms with E-state index in [2.05, 4.69) is 5.09 Å². The number of amides is 1. The van der Waals surface area contributed by atoms with Crippen LogP contribution in [-0.4, -0.2) is 29.3 Å². The van der Waals surface area contributed by atoms with E-state index >= 15 is 0 Å². The molecule has 88 valence electrons. The van der Waals surface area contributed by atoms with Gasteiger partial charge in [0.1, 0.15) is 0 Å². The predicted octanol–water partition coefficient (Wildman–Crippen LogP) is -0.388. The number of rotatable bonds is 4. The second-order valence-electron chi connectivity index (χ2n) is 3.83. The number of nitrogens with two attached hydrogens (primary N) is 2. The number of hydrazine groups is 1. The van der Waals surface area contributed by atoms with E-state index in [1.807, 2.05) is 6.92 Å². The Hall–Kier alpha value is -0.420. The van der Waals surface area contributed by atoms with Crippen molar-refractivity contribution in [2.24, 2.45) is 11.6 Å². The fraction of sp³-hybridized carbons (Fsp3) is 0.875. The van der Waals surface area contributed by atoms with E-state index in [4.69, 9.17) is 11.6 Å². The van der Waals surface area contributed by atoms with Crippen molar-refractivity contribution in [3.63, 3.8) is 0 Å². The van der Waals surface area contributed by atoms with Crippen LogP contribution < -0.4 is 16.7 Å².